The maximum atomic E-state index is 13.2. The molecule has 7 heteroatoms. The Kier molecular flexibility index (Phi) is 5.23. The van der Waals surface area contributed by atoms with E-state index >= 15 is 0 Å². The Morgan fingerprint density at radius 1 is 0.938 bits per heavy atom. The van der Waals surface area contributed by atoms with E-state index in [0.29, 0.717) is 37.6 Å². The van der Waals surface area contributed by atoms with Gasteiger partial charge in [0.1, 0.15) is 11.6 Å². The van der Waals surface area contributed by atoms with Crippen LogP contribution in [0.1, 0.15) is 15.9 Å². The second-order valence-corrected chi connectivity index (χ2v) is 7.87. The fraction of sp³-hybridized carbons (Fsp3) is 0.200. The molecule has 0 N–H and O–H groups in total. The quantitative estimate of drug-likeness (QED) is 0.493. The molecule has 6 nitrogen and oxygen atoms in total. The normalized spacial score (nSPS) is 14.1. The van der Waals surface area contributed by atoms with Crippen LogP contribution in [0.3, 0.4) is 0 Å². The highest BCUT2D eigenvalue weighted by Gasteiger charge is 2.25. The third kappa shape index (κ3) is 3.77. The fourth-order valence-corrected chi connectivity index (χ4v) is 4.08. The Bertz CT molecular complexity index is 1270. The van der Waals surface area contributed by atoms with Crippen LogP contribution in [0.15, 0.2) is 67.0 Å². The number of carbonyl (C=O) groups excluding carboxylic acids is 1. The lowest BCUT2D eigenvalue weighted by Gasteiger charge is -2.36. The number of fused-ring (bicyclic) bond motifs is 1. The monoisotopic (exact) mass is 427 g/mol. The van der Waals surface area contributed by atoms with Crippen LogP contribution < -0.4 is 4.90 Å². The van der Waals surface area contributed by atoms with Gasteiger partial charge in [0.2, 0.25) is 0 Å². The number of piperazine rings is 1. The summed E-state index contributed by atoms with van der Waals surface area (Å²) in [4.78, 5) is 30.7. The molecule has 0 aliphatic carbocycles. The van der Waals surface area contributed by atoms with Crippen LogP contribution in [-0.2, 0) is 0 Å². The summed E-state index contributed by atoms with van der Waals surface area (Å²) in [5.74, 6) is 1.09. The van der Waals surface area contributed by atoms with Crippen molar-refractivity contribution < 1.29 is 9.18 Å². The number of benzene rings is 2. The van der Waals surface area contributed by atoms with Crippen molar-refractivity contribution in [3.63, 3.8) is 0 Å². The number of aryl methyl sites for hydroxylation is 1. The highest BCUT2D eigenvalue weighted by molar-refractivity contribution is 5.95. The van der Waals surface area contributed by atoms with E-state index in [1.807, 2.05) is 29.2 Å². The van der Waals surface area contributed by atoms with E-state index < -0.39 is 0 Å². The Balaban J connectivity index is 1.45. The summed E-state index contributed by atoms with van der Waals surface area (Å²) in [5.41, 5.74) is 3.36. The second kappa shape index (κ2) is 8.34. The second-order valence-electron chi connectivity index (χ2n) is 7.87. The van der Waals surface area contributed by atoms with Gasteiger partial charge in [-0.25, -0.2) is 14.4 Å². The first-order valence-corrected chi connectivity index (χ1v) is 10.6. The van der Waals surface area contributed by atoms with Crippen LogP contribution in [-0.4, -0.2) is 51.9 Å². The van der Waals surface area contributed by atoms with E-state index in [-0.39, 0.29) is 11.7 Å². The van der Waals surface area contributed by atoms with Gasteiger partial charge >= 0.3 is 0 Å². The van der Waals surface area contributed by atoms with E-state index in [1.54, 1.807) is 12.4 Å². The molecule has 2 aromatic carbocycles. The summed E-state index contributed by atoms with van der Waals surface area (Å²) in [6.07, 6.45) is 3.49. The molecular weight excluding hydrogens is 405 g/mol. The predicted molar refractivity (Wildman–Crippen MR) is 122 cm³/mol. The molecule has 0 radical (unpaired) electrons. The Morgan fingerprint density at radius 2 is 1.72 bits per heavy atom. The van der Waals surface area contributed by atoms with Crippen molar-refractivity contribution in [3.05, 3.63) is 83.9 Å². The number of anilines is 1. The van der Waals surface area contributed by atoms with Crippen molar-refractivity contribution in [2.24, 2.45) is 0 Å². The zero-order valence-corrected chi connectivity index (χ0v) is 17.7. The number of hydrogen-bond donors (Lipinski definition) is 0. The molecule has 5 rings (SSSR count). The number of halogens is 1. The van der Waals surface area contributed by atoms with Crippen molar-refractivity contribution in [2.75, 3.05) is 31.1 Å². The molecule has 0 unspecified atom stereocenters. The number of hydrogen-bond acceptors (Lipinski definition) is 5. The lowest BCUT2D eigenvalue weighted by Crippen LogP contribution is -2.49. The van der Waals surface area contributed by atoms with Crippen LogP contribution >= 0.6 is 0 Å². The molecule has 32 heavy (non-hydrogen) atoms. The highest BCUT2D eigenvalue weighted by atomic mass is 19.1. The smallest absolute Gasteiger partial charge is 0.253 e. The van der Waals surface area contributed by atoms with Crippen molar-refractivity contribution in [1.82, 2.24) is 19.9 Å². The standard InChI is InChI=1S/C25H22FN5O/c1-17-4-2-6-21-22(17)24(29-23(28-21)19-5-3-11-27-16-19)30-12-14-31(15-13-30)25(32)18-7-9-20(26)10-8-18/h2-11,16H,12-15H2,1H3. The molecular formula is C25H22FN5O. The van der Waals surface area contributed by atoms with Gasteiger partial charge in [0.15, 0.2) is 5.82 Å². The molecule has 0 atom stereocenters. The Morgan fingerprint density at radius 3 is 2.44 bits per heavy atom. The Labute approximate surface area is 185 Å². The van der Waals surface area contributed by atoms with Crippen LogP contribution in [0.4, 0.5) is 10.2 Å². The van der Waals surface area contributed by atoms with Gasteiger partial charge < -0.3 is 9.80 Å². The summed E-state index contributed by atoms with van der Waals surface area (Å²) >= 11 is 0. The van der Waals surface area contributed by atoms with Crippen LogP contribution in [0.5, 0.6) is 0 Å². The van der Waals surface area contributed by atoms with Gasteiger partial charge in [0.05, 0.1) is 5.52 Å². The van der Waals surface area contributed by atoms with Crippen molar-refractivity contribution in [3.8, 4) is 11.4 Å². The molecule has 1 saturated heterocycles. The summed E-state index contributed by atoms with van der Waals surface area (Å²) in [5, 5.41) is 1.03. The fourth-order valence-electron chi connectivity index (χ4n) is 4.08. The van der Waals surface area contributed by atoms with E-state index in [4.69, 9.17) is 9.97 Å². The molecule has 1 aliphatic rings. The minimum atomic E-state index is -0.346. The molecule has 0 saturated carbocycles. The van der Waals surface area contributed by atoms with Crippen LogP contribution in [0.2, 0.25) is 0 Å². The molecule has 4 aromatic rings. The summed E-state index contributed by atoms with van der Waals surface area (Å²) in [6.45, 7) is 4.50. The number of rotatable bonds is 3. The van der Waals surface area contributed by atoms with Gasteiger partial charge in [-0.2, -0.15) is 0 Å². The summed E-state index contributed by atoms with van der Waals surface area (Å²) < 4.78 is 13.2. The van der Waals surface area contributed by atoms with Crippen molar-refractivity contribution in [2.45, 2.75) is 6.92 Å². The van der Waals surface area contributed by atoms with Gasteiger partial charge in [-0.3, -0.25) is 9.78 Å². The van der Waals surface area contributed by atoms with E-state index in [2.05, 4.69) is 22.9 Å². The maximum absolute atomic E-state index is 13.2. The average Bonchev–Trinajstić information content (AvgIpc) is 2.84. The lowest BCUT2D eigenvalue weighted by molar-refractivity contribution is 0.0746. The first-order chi connectivity index (χ1) is 15.6. The zero-order chi connectivity index (χ0) is 22.1. The lowest BCUT2D eigenvalue weighted by atomic mass is 10.1. The first-order valence-electron chi connectivity index (χ1n) is 10.6. The number of carbonyl (C=O) groups is 1. The largest absolute Gasteiger partial charge is 0.352 e. The van der Waals surface area contributed by atoms with E-state index in [9.17, 15) is 9.18 Å². The molecule has 0 spiro atoms. The minimum absolute atomic E-state index is 0.0792. The van der Waals surface area contributed by atoms with Gasteiger partial charge in [0.25, 0.3) is 5.91 Å². The molecule has 1 aliphatic heterocycles. The predicted octanol–water partition coefficient (Wildman–Crippen LogP) is 4.10. The van der Waals surface area contributed by atoms with Gasteiger partial charge in [0, 0.05) is 55.1 Å². The number of nitrogens with zero attached hydrogens (tertiary/aromatic N) is 5. The maximum Gasteiger partial charge on any atom is 0.253 e. The minimum Gasteiger partial charge on any atom is -0.352 e. The Hall–Kier alpha value is -3.87. The van der Waals surface area contributed by atoms with Gasteiger partial charge in [-0.1, -0.05) is 12.1 Å². The average molecular weight is 427 g/mol. The third-order valence-corrected chi connectivity index (χ3v) is 5.79. The van der Waals surface area contributed by atoms with Crippen LogP contribution in [0, 0.1) is 12.7 Å². The van der Waals surface area contributed by atoms with Crippen molar-refractivity contribution in [1.29, 1.82) is 0 Å². The van der Waals surface area contributed by atoms with Gasteiger partial charge in [-0.05, 0) is 55.0 Å². The van der Waals surface area contributed by atoms with E-state index in [0.717, 1.165) is 27.8 Å². The van der Waals surface area contributed by atoms with Gasteiger partial charge in [-0.15, -0.1) is 0 Å². The van der Waals surface area contributed by atoms with E-state index in [1.165, 1.54) is 24.3 Å². The molecule has 160 valence electrons. The SMILES string of the molecule is Cc1cccc2nc(-c3cccnc3)nc(N3CCN(C(=O)c4ccc(F)cc4)CC3)c12. The first kappa shape index (κ1) is 20.1. The summed E-state index contributed by atoms with van der Waals surface area (Å²) in [6, 6.07) is 15.6. The number of aromatic nitrogens is 3. The third-order valence-electron chi connectivity index (χ3n) is 5.79. The van der Waals surface area contributed by atoms with Crippen molar-refractivity contribution >= 4 is 22.6 Å². The molecule has 1 amide bonds. The molecule has 1 fully saturated rings. The zero-order valence-electron chi connectivity index (χ0n) is 17.7. The number of pyridine rings is 1. The van der Waals surface area contributed by atoms with Crippen LogP contribution in [0.25, 0.3) is 22.3 Å². The molecule has 0 bridgehead atoms. The topological polar surface area (TPSA) is 62.2 Å². The number of amides is 1. The highest BCUT2D eigenvalue weighted by Crippen LogP contribution is 2.30. The molecule has 2 aromatic heterocycles. The molecule has 3 heterocycles. The summed E-state index contributed by atoms with van der Waals surface area (Å²) in [7, 11) is 0.